The third kappa shape index (κ3) is 4.28. The minimum absolute atomic E-state index is 0.230. The van der Waals surface area contributed by atoms with Crippen LogP contribution in [-0.2, 0) is 19.6 Å². The summed E-state index contributed by atoms with van der Waals surface area (Å²) in [6.45, 7) is 8.70. The van der Waals surface area contributed by atoms with Crippen molar-refractivity contribution in [2.75, 3.05) is 13.2 Å². The SMILES string of the molecule is CCOC(=O)CN(C(C)C)S(=O)(=O)c1cc(C)ccc1C. The number of aryl methyl sites for hydroxylation is 2. The zero-order valence-electron chi connectivity index (χ0n) is 13.2. The fraction of sp³-hybridized carbons (Fsp3) is 0.533. The van der Waals surface area contributed by atoms with Crippen LogP contribution in [0.15, 0.2) is 23.1 Å². The monoisotopic (exact) mass is 313 g/mol. The van der Waals surface area contributed by atoms with E-state index < -0.39 is 16.0 Å². The molecule has 0 saturated carbocycles. The molecule has 1 aromatic rings. The number of rotatable bonds is 6. The third-order valence-electron chi connectivity index (χ3n) is 3.10. The summed E-state index contributed by atoms with van der Waals surface area (Å²) in [5.41, 5.74) is 1.52. The van der Waals surface area contributed by atoms with Crippen LogP contribution in [0, 0.1) is 13.8 Å². The summed E-state index contributed by atoms with van der Waals surface area (Å²) < 4.78 is 31.6. The van der Waals surface area contributed by atoms with Crippen molar-refractivity contribution in [2.24, 2.45) is 0 Å². The van der Waals surface area contributed by atoms with Crippen molar-refractivity contribution in [2.45, 2.75) is 45.6 Å². The molecule has 0 aromatic heterocycles. The molecule has 1 aromatic carbocycles. The van der Waals surface area contributed by atoms with Crippen LogP contribution in [0.1, 0.15) is 31.9 Å². The van der Waals surface area contributed by atoms with Gasteiger partial charge in [0, 0.05) is 6.04 Å². The van der Waals surface area contributed by atoms with Gasteiger partial charge in [0.25, 0.3) is 0 Å². The largest absolute Gasteiger partial charge is 0.465 e. The van der Waals surface area contributed by atoms with Crippen LogP contribution in [0.3, 0.4) is 0 Å². The Kier molecular flexibility index (Phi) is 5.92. The number of carbonyl (C=O) groups is 1. The van der Waals surface area contributed by atoms with Gasteiger partial charge in [-0.1, -0.05) is 12.1 Å². The number of ether oxygens (including phenoxy) is 1. The molecule has 0 atom stereocenters. The zero-order chi connectivity index (χ0) is 16.2. The molecule has 0 aliphatic rings. The molecule has 0 bridgehead atoms. The van der Waals surface area contributed by atoms with Gasteiger partial charge in [0.1, 0.15) is 6.54 Å². The molecule has 5 nitrogen and oxygen atoms in total. The van der Waals surface area contributed by atoms with E-state index in [-0.39, 0.29) is 24.1 Å². The number of benzene rings is 1. The normalized spacial score (nSPS) is 12.0. The average molecular weight is 313 g/mol. The predicted molar refractivity (Wildman–Crippen MR) is 81.6 cm³/mol. The number of hydrogen-bond donors (Lipinski definition) is 0. The van der Waals surface area contributed by atoms with E-state index in [1.54, 1.807) is 39.8 Å². The smallest absolute Gasteiger partial charge is 0.321 e. The van der Waals surface area contributed by atoms with Gasteiger partial charge in [-0.2, -0.15) is 4.31 Å². The first-order valence-corrected chi connectivity index (χ1v) is 8.38. The Bertz CT molecular complexity index is 608. The summed E-state index contributed by atoms with van der Waals surface area (Å²) in [6.07, 6.45) is 0. The number of hydrogen-bond acceptors (Lipinski definition) is 4. The topological polar surface area (TPSA) is 63.7 Å². The van der Waals surface area contributed by atoms with Gasteiger partial charge in [0.05, 0.1) is 11.5 Å². The lowest BCUT2D eigenvalue weighted by Crippen LogP contribution is -2.41. The molecule has 0 aliphatic heterocycles. The summed E-state index contributed by atoms with van der Waals surface area (Å²) in [6, 6.07) is 4.93. The van der Waals surface area contributed by atoms with Crippen molar-refractivity contribution in [3.63, 3.8) is 0 Å². The fourth-order valence-electron chi connectivity index (χ4n) is 1.99. The van der Waals surface area contributed by atoms with E-state index in [4.69, 9.17) is 4.74 Å². The molecule has 0 saturated heterocycles. The summed E-state index contributed by atoms with van der Waals surface area (Å²) in [5, 5.41) is 0. The standard InChI is InChI=1S/C15H23NO4S/c1-6-20-15(17)10-16(11(2)3)21(18,19)14-9-12(4)7-8-13(14)5/h7-9,11H,6,10H2,1-5H3. The lowest BCUT2D eigenvalue weighted by atomic mass is 10.2. The van der Waals surface area contributed by atoms with Crippen LogP contribution < -0.4 is 0 Å². The zero-order valence-corrected chi connectivity index (χ0v) is 14.0. The summed E-state index contributed by atoms with van der Waals surface area (Å²) in [7, 11) is -3.73. The predicted octanol–water partition coefficient (Wildman–Crippen LogP) is 2.27. The first-order chi connectivity index (χ1) is 9.70. The minimum atomic E-state index is -3.73. The van der Waals surface area contributed by atoms with Crippen molar-refractivity contribution in [3.8, 4) is 0 Å². The van der Waals surface area contributed by atoms with E-state index >= 15 is 0 Å². The summed E-state index contributed by atoms with van der Waals surface area (Å²) in [5.74, 6) is -0.542. The highest BCUT2D eigenvalue weighted by molar-refractivity contribution is 7.89. The van der Waals surface area contributed by atoms with Gasteiger partial charge in [-0.05, 0) is 51.8 Å². The third-order valence-corrected chi connectivity index (χ3v) is 5.26. The van der Waals surface area contributed by atoms with E-state index in [0.29, 0.717) is 5.56 Å². The summed E-state index contributed by atoms with van der Waals surface area (Å²) >= 11 is 0. The molecular formula is C15H23NO4S. The minimum Gasteiger partial charge on any atom is -0.465 e. The van der Waals surface area contributed by atoms with Crippen molar-refractivity contribution in [3.05, 3.63) is 29.3 Å². The highest BCUT2D eigenvalue weighted by Crippen LogP contribution is 2.22. The Hall–Kier alpha value is -1.40. The second-order valence-electron chi connectivity index (χ2n) is 5.22. The van der Waals surface area contributed by atoms with Gasteiger partial charge in [-0.25, -0.2) is 8.42 Å². The number of sulfonamides is 1. The van der Waals surface area contributed by atoms with E-state index in [9.17, 15) is 13.2 Å². The van der Waals surface area contributed by atoms with Crippen molar-refractivity contribution in [1.29, 1.82) is 0 Å². The van der Waals surface area contributed by atoms with Crippen LogP contribution in [0.4, 0.5) is 0 Å². The quantitative estimate of drug-likeness (QED) is 0.756. The Labute approximate surface area is 127 Å². The first-order valence-electron chi connectivity index (χ1n) is 6.94. The van der Waals surface area contributed by atoms with Gasteiger partial charge in [-0.15, -0.1) is 0 Å². The second kappa shape index (κ2) is 7.04. The van der Waals surface area contributed by atoms with Gasteiger partial charge in [-0.3, -0.25) is 4.79 Å². The maximum Gasteiger partial charge on any atom is 0.321 e. The Morgan fingerprint density at radius 3 is 2.43 bits per heavy atom. The maximum atomic E-state index is 12.8. The summed E-state index contributed by atoms with van der Waals surface area (Å²) in [4.78, 5) is 11.9. The molecule has 0 fully saturated rings. The molecule has 6 heteroatoms. The van der Waals surface area contributed by atoms with Crippen LogP contribution in [0.2, 0.25) is 0 Å². The number of carbonyl (C=O) groups excluding carboxylic acids is 1. The lowest BCUT2D eigenvalue weighted by molar-refractivity contribution is -0.143. The van der Waals surface area contributed by atoms with E-state index in [1.807, 2.05) is 13.0 Å². The van der Waals surface area contributed by atoms with E-state index in [0.717, 1.165) is 5.56 Å². The molecular weight excluding hydrogens is 290 g/mol. The molecule has 0 unspecified atom stereocenters. The fourth-order valence-corrected chi connectivity index (χ4v) is 3.88. The van der Waals surface area contributed by atoms with Gasteiger partial charge in [0.15, 0.2) is 0 Å². The Balaban J connectivity index is 3.22. The molecule has 118 valence electrons. The van der Waals surface area contributed by atoms with Gasteiger partial charge < -0.3 is 4.74 Å². The molecule has 0 aliphatic carbocycles. The number of nitrogens with zero attached hydrogens (tertiary/aromatic N) is 1. The highest BCUT2D eigenvalue weighted by atomic mass is 32.2. The molecule has 21 heavy (non-hydrogen) atoms. The molecule has 1 rings (SSSR count). The first kappa shape index (κ1) is 17.7. The van der Waals surface area contributed by atoms with Gasteiger partial charge in [0.2, 0.25) is 10.0 Å². The molecule has 0 spiro atoms. The van der Waals surface area contributed by atoms with E-state index in [2.05, 4.69) is 0 Å². The van der Waals surface area contributed by atoms with Crippen molar-refractivity contribution < 1.29 is 17.9 Å². The Morgan fingerprint density at radius 2 is 1.90 bits per heavy atom. The van der Waals surface area contributed by atoms with Gasteiger partial charge >= 0.3 is 5.97 Å². The second-order valence-corrected chi connectivity index (χ2v) is 7.08. The molecule has 0 radical (unpaired) electrons. The van der Waals surface area contributed by atoms with Crippen LogP contribution in [0.5, 0.6) is 0 Å². The van der Waals surface area contributed by atoms with Crippen molar-refractivity contribution in [1.82, 2.24) is 4.31 Å². The van der Waals surface area contributed by atoms with Crippen LogP contribution in [-0.4, -0.2) is 37.9 Å². The van der Waals surface area contributed by atoms with Crippen LogP contribution in [0.25, 0.3) is 0 Å². The Morgan fingerprint density at radius 1 is 1.29 bits per heavy atom. The molecule has 0 N–H and O–H groups in total. The maximum absolute atomic E-state index is 12.8. The number of esters is 1. The van der Waals surface area contributed by atoms with Crippen LogP contribution >= 0.6 is 0 Å². The highest BCUT2D eigenvalue weighted by Gasteiger charge is 2.30. The van der Waals surface area contributed by atoms with E-state index in [1.165, 1.54) is 4.31 Å². The van der Waals surface area contributed by atoms with Crippen molar-refractivity contribution >= 4 is 16.0 Å². The lowest BCUT2D eigenvalue weighted by Gasteiger charge is -2.25. The molecule has 0 heterocycles. The average Bonchev–Trinajstić information content (AvgIpc) is 2.38. The molecule has 0 amide bonds.